The van der Waals surface area contributed by atoms with Crippen molar-refractivity contribution < 1.29 is 19.6 Å². The van der Waals surface area contributed by atoms with Crippen LogP contribution >= 0.6 is 11.6 Å². The molecule has 1 fully saturated rings. The molecule has 32 heavy (non-hydrogen) atoms. The van der Waals surface area contributed by atoms with Crippen molar-refractivity contribution in [1.29, 1.82) is 0 Å². The molecule has 160 valence electrons. The Morgan fingerprint density at radius 2 is 1.69 bits per heavy atom. The monoisotopic (exact) mass is 448 g/mol. The Balaban J connectivity index is 1.94. The summed E-state index contributed by atoms with van der Waals surface area (Å²) in [5, 5.41) is 22.5. The van der Waals surface area contributed by atoms with Gasteiger partial charge in [-0.2, -0.15) is 0 Å². The molecular formula is C24H17ClN2O5. The fourth-order valence-corrected chi connectivity index (χ4v) is 3.85. The van der Waals surface area contributed by atoms with Gasteiger partial charge in [-0.15, -0.1) is 0 Å². The lowest BCUT2D eigenvalue weighted by Crippen LogP contribution is -2.29. The largest absolute Gasteiger partial charge is 0.507 e. The maximum absolute atomic E-state index is 13.1. The second-order valence-corrected chi connectivity index (χ2v) is 7.72. The van der Waals surface area contributed by atoms with Gasteiger partial charge in [-0.3, -0.25) is 24.6 Å². The number of hydrogen-bond acceptors (Lipinski definition) is 5. The molecule has 1 saturated heterocycles. The second kappa shape index (κ2) is 8.28. The average molecular weight is 449 g/mol. The molecule has 1 heterocycles. The number of amides is 1. The number of non-ortho nitro benzene ring substituents is 1. The molecule has 0 unspecified atom stereocenters. The minimum atomic E-state index is -0.991. The van der Waals surface area contributed by atoms with E-state index < -0.39 is 22.7 Å². The zero-order chi connectivity index (χ0) is 23.0. The highest BCUT2D eigenvalue weighted by Gasteiger charge is 2.47. The molecule has 7 nitrogen and oxygen atoms in total. The smallest absolute Gasteiger partial charge is 0.300 e. The summed E-state index contributed by atoms with van der Waals surface area (Å²) < 4.78 is 0. The molecule has 0 aromatic heterocycles. The maximum atomic E-state index is 13.1. The first-order valence-electron chi connectivity index (χ1n) is 9.66. The SMILES string of the molecule is Cc1ccc(N2C(=O)C(=O)C(=C(O)c3ccccc3)[C@@H]2c2ccc([N+](=O)[O-])cc2)cc1Cl. The van der Waals surface area contributed by atoms with Gasteiger partial charge in [-0.05, 0) is 42.3 Å². The molecular weight excluding hydrogens is 432 g/mol. The van der Waals surface area contributed by atoms with Gasteiger partial charge in [0.25, 0.3) is 17.4 Å². The van der Waals surface area contributed by atoms with Crippen LogP contribution in [-0.2, 0) is 9.59 Å². The van der Waals surface area contributed by atoms with Gasteiger partial charge in [0, 0.05) is 28.4 Å². The van der Waals surface area contributed by atoms with Gasteiger partial charge in [0.2, 0.25) is 0 Å². The number of rotatable bonds is 4. The summed E-state index contributed by atoms with van der Waals surface area (Å²) >= 11 is 6.26. The summed E-state index contributed by atoms with van der Waals surface area (Å²) in [6.45, 7) is 1.81. The van der Waals surface area contributed by atoms with E-state index >= 15 is 0 Å². The fraction of sp³-hybridized carbons (Fsp3) is 0.0833. The van der Waals surface area contributed by atoms with Crippen molar-refractivity contribution in [1.82, 2.24) is 0 Å². The number of carbonyl (C=O) groups is 2. The van der Waals surface area contributed by atoms with E-state index in [0.29, 0.717) is 21.8 Å². The van der Waals surface area contributed by atoms with Crippen LogP contribution in [0.1, 0.15) is 22.7 Å². The molecule has 1 aliphatic rings. The number of nitrogens with zero attached hydrogens (tertiary/aromatic N) is 2. The van der Waals surface area contributed by atoms with Crippen LogP contribution < -0.4 is 4.90 Å². The highest BCUT2D eigenvalue weighted by molar-refractivity contribution is 6.51. The third kappa shape index (κ3) is 3.63. The van der Waals surface area contributed by atoms with Crippen molar-refractivity contribution in [3.05, 3.63) is 110 Å². The lowest BCUT2D eigenvalue weighted by Gasteiger charge is -2.25. The quantitative estimate of drug-likeness (QED) is 0.195. The molecule has 0 spiro atoms. The summed E-state index contributed by atoms with van der Waals surface area (Å²) in [6.07, 6.45) is 0. The van der Waals surface area contributed by atoms with Crippen molar-refractivity contribution >= 4 is 40.4 Å². The first-order valence-corrected chi connectivity index (χ1v) is 10.0. The van der Waals surface area contributed by atoms with Crippen molar-refractivity contribution in [2.75, 3.05) is 4.90 Å². The Labute approximate surface area is 188 Å². The summed E-state index contributed by atoms with van der Waals surface area (Å²) in [5.41, 5.74) is 1.74. The van der Waals surface area contributed by atoms with Crippen LogP contribution in [0, 0.1) is 17.0 Å². The predicted octanol–water partition coefficient (Wildman–Crippen LogP) is 5.18. The number of nitro groups is 1. The molecule has 1 atom stereocenters. The first-order chi connectivity index (χ1) is 15.3. The number of aryl methyl sites for hydroxylation is 1. The average Bonchev–Trinajstić information content (AvgIpc) is 3.06. The Hall–Kier alpha value is -3.97. The summed E-state index contributed by atoms with van der Waals surface area (Å²) in [4.78, 5) is 37.9. The molecule has 4 rings (SSSR count). The molecule has 0 bridgehead atoms. The van der Waals surface area contributed by atoms with Gasteiger partial charge in [-0.25, -0.2) is 0 Å². The fourth-order valence-electron chi connectivity index (χ4n) is 3.68. The van der Waals surface area contributed by atoms with Crippen LogP contribution in [-0.4, -0.2) is 21.7 Å². The van der Waals surface area contributed by atoms with Crippen molar-refractivity contribution in [3.63, 3.8) is 0 Å². The number of benzene rings is 3. The number of carbonyl (C=O) groups excluding carboxylic acids is 2. The van der Waals surface area contributed by atoms with Gasteiger partial charge >= 0.3 is 0 Å². The van der Waals surface area contributed by atoms with E-state index in [4.69, 9.17) is 11.6 Å². The van der Waals surface area contributed by atoms with Crippen molar-refractivity contribution in [2.24, 2.45) is 0 Å². The first kappa shape index (κ1) is 21.3. The summed E-state index contributed by atoms with van der Waals surface area (Å²) in [5.74, 6) is -2.01. The van der Waals surface area contributed by atoms with Crippen molar-refractivity contribution in [3.8, 4) is 0 Å². The number of aliphatic hydroxyl groups excluding tert-OH is 1. The predicted molar refractivity (Wildman–Crippen MR) is 121 cm³/mol. The van der Waals surface area contributed by atoms with Crippen LogP contribution in [0.5, 0.6) is 0 Å². The van der Waals surface area contributed by atoms with E-state index in [0.717, 1.165) is 5.56 Å². The van der Waals surface area contributed by atoms with Gasteiger partial charge in [0.15, 0.2) is 0 Å². The Morgan fingerprint density at radius 1 is 1.03 bits per heavy atom. The third-order valence-electron chi connectivity index (χ3n) is 5.34. The minimum Gasteiger partial charge on any atom is -0.507 e. The molecule has 8 heteroatoms. The number of halogens is 1. The van der Waals surface area contributed by atoms with Crippen LogP contribution in [0.3, 0.4) is 0 Å². The zero-order valence-electron chi connectivity index (χ0n) is 16.9. The van der Waals surface area contributed by atoms with Gasteiger partial charge in [0.1, 0.15) is 5.76 Å². The lowest BCUT2D eigenvalue weighted by atomic mass is 9.95. The van der Waals surface area contributed by atoms with Crippen LogP contribution in [0.2, 0.25) is 5.02 Å². The molecule has 1 amide bonds. The van der Waals surface area contributed by atoms with E-state index in [1.807, 2.05) is 6.92 Å². The summed E-state index contributed by atoms with van der Waals surface area (Å²) in [6, 6.07) is 17.9. The lowest BCUT2D eigenvalue weighted by molar-refractivity contribution is -0.384. The number of anilines is 1. The topological polar surface area (TPSA) is 101 Å². The van der Waals surface area contributed by atoms with E-state index in [1.165, 1.54) is 29.2 Å². The molecule has 3 aromatic carbocycles. The normalized spacial score (nSPS) is 17.6. The summed E-state index contributed by atoms with van der Waals surface area (Å²) in [7, 11) is 0. The minimum absolute atomic E-state index is 0.105. The number of Topliss-reactive ketones (excluding diaryl/α,β-unsaturated/α-hetero) is 1. The van der Waals surface area contributed by atoms with Crippen LogP contribution in [0.25, 0.3) is 5.76 Å². The molecule has 3 aromatic rings. The highest BCUT2D eigenvalue weighted by Crippen LogP contribution is 2.43. The van der Waals surface area contributed by atoms with E-state index in [2.05, 4.69) is 0 Å². The Bertz CT molecular complexity index is 1270. The molecule has 1 N–H and O–H groups in total. The van der Waals surface area contributed by atoms with E-state index in [1.54, 1.807) is 48.5 Å². The molecule has 0 saturated carbocycles. The van der Waals surface area contributed by atoms with E-state index in [9.17, 15) is 24.8 Å². The second-order valence-electron chi connectivity index (χ2n) is 7.32. The standard InChI is InChI=1S/C24H17ClN2O5/c1-14-7-10-18(13-19(14)25)26-21(15-8-11-17(12-9-15)27(31)32)20(23(29)24(26)30)22(28)16-5-3-2-4-6-16/h2-13,21,28H,1H3/t21-/m0/s1. The number of aliphatic hydroxyl groups is 1. The molecule has 0 aliphatic carbocycles. The van der Waals surface area contributed by atoms with Crippen LogP contribution in [0.4, 0.5) is 11.4 Å². The van der Waals surface area contributed by atoms with Gasteiger partial charge in [0.05, 0.1) is 16.5 Å². The van der Waals surface area contributed by atoms with E-state index in [-0.39, 0.29) is 17.0 Å². The highest BCUT2D eigenvalue weighted by atomic mass is 35.5. The maximum Gasteiger partial charge on any atom is 0.300 e. The van der Waals surface area contributed by atoms with Gasteiger partial charge < -0.3 is 5.11 Å². The van der Waals surface area contributed by atoms with Gasteiger partial charge in [-0.1, -0.05) is 48.0 Å². The third-order valence-corrected chi connectivity index (χ3v) is 5.75. The molecule has 0 radical (unpaired) electrons. The molecule has 1 aliphatic heterocycles. The Morgan fingerprint density at radius 3 is 2.28 bits per heavy atom. The van der Waals surface area contributed by atoms with Crippen molar-refractivity contribution in [2.45, 2.75) is 13.0 Å². The number of hydrogen-bond donors (Lipinski definition) is 1. The van der Waals surface area contributed by atoms with Crippen LogP contribution in [0.15, 0.2) is 78.4 Å². The number of nitro benzene ring substituents is 1. The Kier molecular flexibility index (Phi) is 5.50. The zero-order valence-corrected chi connectivity index (χ0v) is 17.6. The number of ketones is 1.